The van der Waals surface area contributed by atoms with Crippen molar-refractivity contribution in [1.82, 2.24) is 10.3 Å². The van der Waals surface area contributed by atoms with Crippen LogP contribution in [-0.4, -0.2) is 16.9 Å². The minimum absolute atomic E-state index is 0.237. The summed E-state index contributed by atoms with van der Waals surface area (Å²) in [5.74, 6) is -0.569. The number of amides is 3. The van der Waals surface area contributed by atoms with Gasteiger partial charge in [0.15, 0.2) is 0 Å². The topological polar surface area (TPSA) is 71.1 Å². The third-order valence-corrected chi connectivity index (χ3v) is 2.79. The zero-order chi connectivity index (χ0) is 14.5. The van der Waals surface area contributed by atoms with E-state index in [0.29, 0.717) is 10.7 Å². The Labute approximate surface area is 124 Å². The van der Waals surface area contributed by atoms with Crippen molar-refractivity contribution in [2.75, 3.05) is 5.32 Å². The van der Waals surface area contributed by atoms with Crippen LogP contribution in [0.3, 0.4) is 0 Å². The fourth-order valence-corrected chi connectivity index (χ4v) is 1.62. The summed E-state index contributed by atoms with van der Waals surface area (Å²) in [5.41, 5.74) is 0.759. The first-order valence-corrected chi connectivity index (χ1v) is 6.29. The van der Waals surface area contributed by atoms with Crippen LogP contribution in [0.15, 0.2) is 42.6 Å². The molecule has 5 nitrogen and oxygen atoms in total. The molecule has 0 bridgehead atoms. The fourth-order valence-electron chi connectivity index (χ4n) is 1.38. The fraction of sp³-hybridized carbons (Fsp3) is 0. The molecule has 0 aliphatic carbocycles. The number of nitrogens with one attached hydrogen (secondary N) is 2. The zero-order valence-electron chi connectivity index (χ0n) is 10.1. The van der Waals surface area contributed by atoms with Gasteiger partial charge in [0, 0.05) is 16.9 Å². The molecule has 0 radical (unpaired) electrons. The lowest BCUT2D eigenvalue weighted by Gasteiger charge is -2.06. The first-order chi connectivity index (χ1) is 9.54. The van der Waals surface area contributed by atoms with Gasteiger partial charge in [-0.2, -0.15) is 0 Å². The zero-order valence-corrected chi connectivity index (χ0v) is 11.6. The molecule has 102 valence electrons. The van der Waals surface area contributed by atoms with E-state index < -0.39 is 11.9 Å². The SMILES string of the molecule is O=C(NC(=O)c1ccc(Cl)nc1)Nc1ccc(Cl)cc1. The van der Waals surface area contributed by atoms with E-state index in [1.807, 2.05) is 0 Å². The van der Waals surface area contributed by atoms with E-state index in [9.17, 15) is 9.59 Å². The van der Waals surface area contributed by atoms with Crippen molar-refractivity contribution in [3.05, 3.63) is 58.3 Å². The molecule has 2 N–H and O–H groups in total. The van der Waals surface area contributed by atoms with Crippen molar-refractivity contribution >= 4 is 40.8 Å². The minimum atomic E-state index is -0.646. The largest absolute Gasteiger partial charge is 0.326 e. The summed E-state index contributed by atoms with van der Waals surface area (Å²) in [5, 5.41) is 5.50. The molecule has 20 heavy (non-hydrogen) atoms. The van der Waals surface area contributed by atoms with E-state index in [4.69, 9.17) is 23.2 Å². The molecule has 0 aliphatic heterocycles. The number of halogens is 2. The summed E-state index contributed by atoms with van der Waals surface area (Å²) < 4.78 is 0. The summed E-state index contributed by atoms with van der Waals surface area (Å²) in [6.45, 7) is 0. The number of aromatic nitrogens is 1. The number of pyridine rings is 1. The van der Waals surface area contributed by atoms with Crippen LogP contribution in [-0.2, 0) is 0 Å². The maximum absolute atomic E-state index is 11.7. The lowest BCUT2D eigenvalue weighted by Crippen LogP contribution is -2.34. The van der Waals surface area contributed by atoms with Gasteiger partial charge in [0.25, 0.3) is 5.91 Å². The van der Waals surface area contributed by atoms with Crippen molar-refractivity contribution in [3.63, 3.8) is 0 Å². The smallest absolute Gasteiger partial charge is 0.308 e. The normalized spacial score (nSPS) is 9.90. The average Bonchev–Trinajstić information content (AvgIpc) is 2.42. The molecule has 1 aromatic heterocycles. The monoisotopic (exact) mass is 309 g/mol. The standard InChI is InChI=1S/C13H9Cl2N3O2/c14-9-2-4-10(5-3-9)17-13(20)18-12(19)8-1-6-11(15)16-7-8/h1-7H,(H2,17,18,19,20). The molecule has 0 fully saturated rings. The van der Waals surface area contributed by atoms with Crippen molar-refractivity contribution in [1.29, 1.82) is 0 Å². The van der Waals surface area contributed by atoms with Crippen LogP contribution in [0.2, 0.25) is 10.2 Å². The van der Waals surface area contributed by atoms with Crippen molar-refractivity contribution < 1.29 is 9.59 Å². The van der Waals surface area contributed by atoms with Crippen LogP contribution in [0, 0.1) is 0 Å². The average molecular weight is 310 g/mol. The molecule has 7 heteroatoms. The van der Waals surface area contributed by atoms with Gasteiger partial charge in [-0.1, -0.05) is 23.2 Å². The van der Waals surface area contributed by atoms with E-state index in [-0.39, 0.29) is 10.7 Å². The maximum Gasteiger partial charge on any atom is 0.326 e. The summed E-state index contributed by atoms with van der Waals surface area (Å²) in [6.07, 6.45) is 1.28. The Bertz CT molecular complexity index is 627. The highest BCUT2D eigenvalue weighted by atomic mass is 35.5. The molecular formula is C13H9Cl2N3O2. The van der Waals surface area contributed by atoms with Gasteiger partial charge in [0.2, 0.25) is 0 Å². The van der Waals surface area contributed by atoms with Crippen LogP contribution in [0.25, 0.3) is 0 Å². The first kappa shape index (κ1) is 14.3. The number of hydrogen-bond donors (Lipinski definition) is 2. The Kier molecular flexibility index (Phi) is 4.55. The first-order valence-electron chi connectivity index (χ1n) is 5.54. The number of imide groups is 1. The van der Waals surface area contributed by atoms with Gasteiger partial charge in [-0.05, 0) is 36.4 Å². The quantitative estimate of drug-likeness (QED) is 0.836. The van der Waals surface area contributed by atoms with Crippen LogP contribution < -0.4 is 10.6 Å². The van der Waals surface area contributed by atoms with Crippen LogP contribution >= 0.6 is 23.2 Å². The van der Waals surface area contributed by atoms with Gasteiger partial charge in [0.05, 0.1) is 5.56 Å². The summed E-state index contributed by atoms with van der Waals surface area (Å²) >= 11 is 11.3. The second-order valence-electron chi connectivity index (χ2n) is 3.78. The summed E-state index contributed by atoms with van der Waals surface area (Å²) in [6, 6.07) is 8.79. The van der Waals surface area contributed by atoms with Crippen LogP contribution in [0.5, 0.6) is 0 Å². The number of anilines is 1. The molecule has 0 unspecified atom stereocenters. The van der Waals surface area contributed by atoms with Crippen molar-refractivity contribution in [2.45, 2.75) is 0 Å². The summed E-state index contributed by atoms with van der Waals surface area (Å²) in [4.78, 5) is 27.1. The number of urea groups is 1. The summed E-state index contributed by atoms with van der Waals surface area (Å²) in [7, 11) is 0. The molecule has 1 heterocycles. The third-order valence-electron chi connectivity index (χ3n) is 2.32. The van der Waals surface area contributed by atoms with Gasteiger partial charge in [-0.15, -0.1) is 0 Å². The number of nitrogens with zero attached hydrogens (tertiary/aromatic N) is 1. The Morgan fingerprint density at radius 1 is 1.00 bits per heavy atom. The van der Waals surface area contributed by atoms with Gasteiger partial charge >= 0.3 is 6.03 Å². The lowest BCUT2D eigenvalue weighted by molar-refractivity contribution is 0.0967. The van der Waals surface area contributed by atoms with Crippen molar-refractivity contribution in [3.8, 4) is 0 Å². The Hall–Kier alpha value is -2.11. The number of benzene rings is 1. The predicted molar refractivity (Wildman–Crippen MR) is 77.2 cm³/mol. The second-order valence-corrected chi connectivity index (χ2v) is 4.61. The molecule has 0 aliphatic rings. The Balaban J connectivity index is 1.95. The van der Waals surface area contributed by atoms with Gasteiger partial charge in [-0.3, -0.25) is 10.1 Å². The van der Waals surface area contributed by atoms with Gasteiger partial charge < -0.3 is 5.32 Å². The molecule has 0 atom stereocenters. The van der Waals surface area contributed by atoms with E-state index in [0.717, 1.165) is 0 Å². The number of hydrogen-bond acceptors (Lipinski definition) is 3. The molecule has 0 saturated heterocycles. The number of carbonyl (C=O) groups excluding carboxylic acids is 2. The van der Waals surface area contributed by atoms with E-state index in [1.165, 1.54) is 18.3 Å². The highest BCUT2D eigenvalue weighted by molar-refractivity contribution is 6.30. The highest BCUT2D eigenvalue weighted by Gasteiger charge is 2.10. The molecule has 0 saturated carbocycles. The maximum atomic E-state index is 11.7. The van der Waals surface area contributed by atoms with E-state index >= 15 is 0 Å². The highest BCUT2D eigenvalue weighted by Crippen LogP contribution is 2.13. The lowest BCUT2D eigenvalue weighted by atomic mass is 10.3. The number of rotatable bonds is 2. The minimum Gasteiger partial charge on any atom is -0.308 e. The van der Waals surface area contributed by atoms with E-state index in [1.54, 1.807) is 24.3 Å². The molecule has 2 rings (SSSR count). The second kappa shape index (κ2) is 6.36. The molecule has 0 spiro atoms. The van der Waals surface area contributed by atoms with Gasteiger partial charge in [-0.25, -0.2) is 9.78 Å². The molecule has 1 aromatic carbocycles. The molecular weight excluding hydrogens is 301 g/mol. The predicted octanol–water partition coefficient (Wildman–Crippen LogP) is 3.35. The Morgan fingerprint density at radius 2 is 1.70 bits per heavy atom. The molecule has 2 aromatic rings. The third kappa shape index (κ3) is 3.94. The molecule has 3 amide bonds. The van der Waals surface area contributed by atoms with Crippen LogP contribution in [0.4, 0.5) is 10.5 Å². The van der Waals surface area contributed by atoms with Crippen molar-refractivity contribution in [2.24, 2.45) is 0 Å². The Morgan fingerprint density at radius 3 is 2.30 bits per heavy atom. The van der Waals surface area contributed by atoms with Gasteiger partial charge in [0.1, 0.15) is 5.15 Å². The number of carbonyl (C=O) groups is 2. The van der Waals surface area contributed by atoms with E-state index in [2.05, 4.69) is 15.6 Å². The van der Waals surface area contributed by atoms with Crippen LogP contribution in [0.1, 0.15) is 10.4 Å².